The van der Waals surface area contributed by atoms with Crippen molar-refractivity contribution in [2.45, 2.75) is 25.7 Å². The van der Waals surface area contributed by atoms with E-state index < -0.39 is 0 Å². The van der Waals surface area contributed by atoms with E-state index in [-0.39, 0.29) is 0 Å². The van der Waals surface area contributed by atoms with Gasteiger partial charge in [0.05, 0.1) is 11.6 Å². The largest absolute Gasteiger partial charge is 0.393 e. The molecular weight excluding hydrogens is 158 g/mol. The standard InChI is InChI=1S/C8H15NOS/c9-8(11)4-6-10-5-3-7-1-2-7/h7H,1-6H2,(H2,9,11). The van der Waals surface area contributed by atoms with Crippen molar-refractivity contribution in [1.29, 1.82) is 0 Å². The van der Waals surface area contributed by atoms with Gasteiger partial charge in [-0.25, -0.2) is 0 Å². The number of nitrogens with two attached hydrogens (primary N) is 1. The van der Waals surface area contributed by atoms with Crippen molar-refractivity contribution in [3.63, 3.8) is 0 Å². The number of hydrogen-bond acceptors (Lipinski definition) is 2. The molecule has 0 aromatic rings. The van der Waals surface area contributed by atoms with Gasteiger partial charge in [-0.05, 0) is 12.3 Å². The van der Waals surface area contributed by atoms with Gasteiger partial charge >= 0.3 is 0 Å². The van der Waals surface area contributed by atoms with Gasteiger partial charge in [0, 0.05) is 13.0 Å². The third-order valence-corrected chi connectivity index (χ3v) is 2.06. The minimum atomic E-state index is 0.552. The van der Waals surface area contributed by atoms with Crippen LogP contribution in [-0.4, -0.2) is 18.2 Å². The molecular formula is C8H15NOS. The summed E-state index contributed by atoms with van der Waals surface area (Å²) in [5, 5.41) is 0. The average molecular weight is 173 g/mol. The smallest absolute Gasteiger partial charge is 0.0750 e. The Bertz CT molecular complexity index is 134. The summed E-state index contributed by atoms with van der Waals surface area (Å²) in [7, 11) is 0. The maximum Gasteiger partial charge on any atom is 0.0750 e. The van der Waals surface area contributed by atoms with Crippen molar-refractivity contribution < 1.29 is 4.74 Å². The van der Waals surface area contributed by atoms with Crippen molar-refractivity contribution in [2.24, 2.45) is 11.7 Å². The molecule has 11 heavy (non-hydrogen) atoms. The summed E-state index contributed by atoms with van der Waals surface area (Å²) in [5.74, 6) is 0.958. The topological polar surface area (TPSA) is 35.2 Å². The Morgan fingerprint density at radius 1 is 1.45 bits per heavy atom. The maximum absolute atomic E-state index is 5.33. The van der Waals surface area contributed by atoms with Gasteiger partial charge in [-0.15, -0.1) is 0 Å². The fourth-order valence-electron chi connectivity index (χ4n) is 0.931. The minimum Gasteiger partial charge on any atom is -0.393 e. The third kappa shape index (κ3) is 5.16. The van der Waals surface area contributed by atoms with Crippen LogP contribution in [0.15, 0.2) is 0 Å². The highest BCUT2D eigenvalue weighted by Gasteiger charge is 2.20. The van der Waals surface area contributed by atoms with E-state index in [9.17, 15) is 0 Å². The highest BCUT2D eigenvalue weighted by molar-refractivity contribution is 7.80. The van der Waals surface area contributed by atoms with Crippen LogP contribution in [0, 0.1) is 5.92 Å². The molecule has 1 saturated carbocycles. The fraction of sp³-hybridized carbons (Fsp3) is 0.875. The Hall–Kier alpha value is -0.150. The van der Waals surface area contributed by atoms with E-state index >= 15 is 0 Å². The molecule has 1 fully saturated rings. The summed E-state index contributed by atoms with van der Waals surface area (Å²) in [4.78, 5) is 0.552. The van der Waals surface area contributed by atoms with Gasteiger partial charge in [-0.3, -0.25) is 0 Å². The lowest BCUT2D eigenvalue weighted by Gasteiger charge is -2.01. The molecule has 0 atom stereocenters. The van der Waals surface area contributed by atoms with Crippen molar-refractivity contribution in [3.8, 4) is 0 Å². The number of rotatable bonds is 6. The summed E-state index contributed by atoms with van der Waals surface area (Å²) in [6.45, 7) is 1.58. The van der Waals surface area contributed by atoms with E-state index in [1.54, 1.807) is 0 Å². The molecule has 0 aromatic carbocycles. The average Bonchev–Trinajstić information content (AvgIpc) is 2.70. The molecule has 0 unspecified atom stereocenters. The first-order valence-electron chi connectivity index (χ1n) is 4.15. The molecule has 1 rings (SSSR count). The zero-order chi connectivity index (χ0) is 8.10. The van der Waals surface area contributed by atoms with E-state index in [0.717, 1.165) is 18.9 Å². The molecule has 0 aromatic heterocycles. The number of thiocarbonyl (C=S) groups is 1. The molecule has 1 aliphatic rings. The van der Waals surface area contributed by atoms with Crippen LogP contribution in [0.25, 0.3) is 0 Å². The lowest BCUT2D eigenvalue weighted by molar-refractivity contribution is 0.135. The second-order valence-corrected chi connectivity index (χ2v) is 3.59. The quantitative estimate of drug-likeness (QED) is 0.488. The van der Waals surface area contributed by atoms with Crippen LogP contribution in [0.5, 0.6) is 0 Å². The zero-order valence-corrected chi connectivity index (χ0v) is 7.53. The van der Waals surface area contributed by atoms with E-state index in [1.165, 1.54) is 19.3 Å². The Labute approximate surface area is 73.1 Å². The second kappa shape index (κ2) is 4.67. The molecule has 0 spiro atoms. The van der Waals surface area contributed by atoms with Crippen molar-refractivity contribution >= 4 is 17.2 Å². The summed E-state index contributed by atoms with van der Waals surface area (Å²) in [5.41, 5.74) is 5.30. The Kier molecular flexibility index (Phi) is 3.80. The lowest BCUT2D eigenvalue weighted by atomic mass is 10.3. The molecule has 2 N–H and O–H groups in total. The monoisotopic (exact) mass is 173 g/mol. The van der Waals surface area contributed by atoms with E-state index in [4.69, 9.17) is 22.7 Å². The van der Waals surface area contributed by atoms with Crippen LogP contribution in [0.4, 0.5) is 0 Å². The Morgan fingerprint density at radius 3 is 2.73 bits per heavy atom. The van der Waals surface area contributed by atoms with Crippen LogP contribution in [0.2, 0.25) is 0 Å². The van der Waals surface area contributed by atoms with Gasteiger partial charge in [-0.2, -0.15) is 0 Å². The van der Waals surface area contributed by atoms with Crippen LogP contribution < -0.4 is 5.73 Å². The number of hydrogen-bond donors (Lipinski definition) is 1. The molecule has 0 saturated heterocycles. The van der Waals surface area contributed by atoms with Gasteiger partial charge < -0.3 is 10.5 Å². The van der Waals surface area contributed by atoms with Crippen molar-refractivity contribution in [1.82, 2.24) is 0 Å². The van der Waals surface area contributed by atoms with Gasteiger partial charge in [0.2, 0.25) is 0 Å². The molecule has 0 heterocycles. The fourth-order valence-corrected chi connectivity index (χ4v) is 1.01. The van der Waals surface area contributed by atoms with Crippen LogP contribution in [0.3, 0.4) is 0 Å². The molecule has 0 amide bonds. The second-order valence-electron chi connectivity index (χ2n) is 3.06. The summed E-state index contributed by atoms with van der Waals surface area (Å²) < 4.78 is 5.33. The van der Waals surface area contributed by atoms with Gasteiger partial charge in [0.25, 0.3) is 0 Å². The first kappa shape index (κ1) is 8.94. The molecule has 0 aliphatic heterocycles. The molecule has 64 valence electrons. The van der Waals surface area contributed by atoms with Gasteiger partial charge in [-0.1, -0.05) is 25.1 Å². The van der Waals surface area contributed by atoms with Crippen LogP contribution >= 0.6 is 12.2 Å². The summed E-state index contributed by atoms with van der Waals surface area (Å²) >= 11 is 4.71. The van der Waals surface area contributed by atoms with Crippen LogP contribution in [0.1, 0.15) is 25.7 Å². The molecule has 2 nitrogen and oxygen atoms in total. The first-order valence-corrected chi connectivity index (χ1v) is 4.56. The molecule has 0 bridgehead atoms. The highest BCUT2D eigenvalue weighted by atomic mass is 32.1. The molecule has 0 radical (unpaired) electrons. The van der Waals surface area contributed by atoms with Gasteiger partial charge in [0.15, 0.2) is 0 Å². The summed E-state index contributed by atoms with van der Waals surface area (Å²) in [6.07, 6.45) is 4.74. The third-order valence-electron chi connectivity index (χ3n) is 1.86. The van der Waals surface area contributed by atoms with E-state index in [0.29, 0.717) is 11.6 Å². The predicted octanol–water partition coefficient (Wildman–Crippen LogP) is 1.48. The lowest BCUT2D eigenvalue weighted by Crippen LogP contribution is -2.11. The minimum absolute atomic E-state index is 0.552. The zero-order valence-electron chi connectivity index (χ0n) is 6.71. The van der Waals surface area contributed by atoms with Crippen molar-refractivity contribution in [3.05, 3.63) is 0 Å². The first-order chi connectivity index (χ1) is 5.29. The summed E-state index contributed by atoms with van der Waals surface area (Å²) in [6, 6.07) is 0. The van der Waals surface area contributed by atoms with Crippen LogP contribution in [-0.2, 0) is 4.74 Å². The predicted molar refractivity (Wildman–Crippen MR) is 49.6 cm³/mol. The molecule has 1 aliphatic carbocycles. The van der Waals surface area contributed by atoms with Crippen molar-refractivity contribution in [2.75, 3.05) is 13.2 Å². The molecule has 3 heteroatoms. The normalized spacial score (nSPS) is 16.7. The Balaban J connectivity index is 1.76. The number of ether oxygens (including phenoxy) is 1. The Morgan fingerprint density at radius 2 is 2.18 bits per heavy atom. The maximum atomic E-state index is 5.33. The van der Waals surface area contributed by atoms with E-state index in [2.05, 4.69) is 0 Å². The highest BCUT2D eigenvalue weighted by Crippen LogP contribution is 2.31. The van der Waals surface area contributed by atoms with Gasteiger partial charge in [0.1, 0.15) is 0 Å². The SMILES string of the molecule is NC(=S)CCOCCC1CC1. The van der Waals surface area contributed by atoms with E-state index in [1.807, 2.05) is 0 Å².